The Labute approximate surface area is 176 Å². The van der Waals surface area contributed by atoms with Gasteiger partial charge in [-0.15, -0.1) is 0 Å². The predicted octanol–water partition coefficient (Wildman–Crippen LogP) is 1.45. The Morgan fingerprint density at radius 3 is 2.53 bits per heavy atom. The van der Waals surface area contributed by atoms with E-state index in [0.29, 0.717) is 37.6 Å². The van der Waals surface area contributed by atoms with E-state index in [1.165, 1.54) is 4.31 Å². The molecule has 2 N–H and O–H groups in total. The highest BCUT2D eigenvalue weighted by atomic mass is 32.2. The van der Waals surface area contributed by atoms with Gasteiger partial charge in [0.25, 0.3) is 0 Å². The van der Waals surface area contributed by atoms with Crippen LogP contribution in [0.3, 0.4) is 0 Å². The molecule has 160 valence electrons. The summed E-state index contributed by atoms with van der Waals surface area (Å²) in [5.74, 6) is 0.476. The Morgan fingerprint density at radius 1 is 1.07 bits per heavy atom. The molecule has 2 aromatic rings. The quantitative estimate of drug-likeness (QED) is 0.744. The highest BCUT2D eigenvalue weighted by molar-refractivity contribution is 7.89. The number of hydrogen-bond acceptors (Lipinski definition) is 6. The van der Waals surface area contributed by atoms with E-state index < -0.39 is 16.1 Å². The fourth-order valence-corrected chi connectivity index (χ4v) is 5.19. The van der Waals surface area contributed by atoms with Crippen molar-refractivity contribution < 1.29 is 23.1 Å². The molecule has 1 amide bonds. The highest BCUT2D eigenvalue weighted by Gasteiger charge is 2.30. The summed E-state index contributed by atoms with van der Waals surface area (Å²) < 4.78 is 32.5. The summed E-state index contributed by atoms with van der Waals surface area (Å²) in [4.78, 5) is 14.6. The van der Waals surface area contributed by atoms with Gasteiger partial charge < -0.3 is 20.1 Å². The summed E-state index contributed by atoms with van der Waals surface area (Å²) in [5, 5.41) is 13.2. The molecular weight excluding hydrogens is 406 g/mol. The molecule has 0 spiro atoms. The van der Waals surface area contributed by atoms with Gasteiger partial charge in [-0.05, 0) is 18.2 Å². The number of aliphatic hydroxyl groups excluding tert-OH is 1. The largest absolute Gasteiger partial charge is 0.491 e. The van der Waals surface area contributed by atoms with Crippen LogP contribution < -0.4 is 10.1 Å². The second kappa shape index (κ2) is 8.63. The molecule has 4 rings (SSSR count). The third kappa shape index (κ3) is 4.14. The standard InChI is InChI=1S/C21H25N3O5S/c25-19-9-14-29-21-17(19)7-4-8-18(21)22-15-20(26)23-10-12-24(13-11-23)30(27,28)16-5-2-1-3-6-16/h1-8,19,22,25H,9-15H2. The number of fused-ring (bicyclic) bond motifs is 1. The summed E-state index contributed by atoms with van der Waals surface area (Å²) >= 11 is 0. The number of carbonyl (C=O) groups is 1. The van der Waals surface area contributed by atoms with E-state index in [2.05, 4.69) is 5.32 Å². The fraction of sp³-hybridized carbons (Fsp3) is 0.381. The molecule has 0 radical (unpaired) electrons. The monoisotopic (exact) mass is 431 g/mol. The maximum atomic E-state index is 12.7. The first-order valence-corrected chi connectivity index (χ1v) is 11.4. The number of ether oxygens (including phenoxy) is 1. The number of para-hydroxylation sites is 1. The van der Waals surface area contributed by atoms with Gasteiger partial charge in [0, 0.05) is 38.2 Å². The normalized spacial score (nSPS) is 19.6. The van der Waals surface area contributed by atoms with Crippen LogP contribution in [-0.4, -0.2) is 68.0 Å². The van der Waals surface area contributed by atoms with Crippen molar-refractivity contribution in [2.24, 2.45) is 0 Å². The van der Waals surface area contributed by atoms with Gasteiger partial charge in [0.2, 0.25) is 15.9 Å². The second-order valence-corrected chi connectivity index (χ2v) is 9.27. The Kier molecular flexibility index (Phi) is 5.94. The number of hydrogen-bond donors (Lipinski definition) is 2. The zero-order valence-corrected chi connectivity index (χ0v) is 17.3. The Hall–Kier alpha value is -2.62. The lowest BCUT2D eigenvalue weighted by molar-refractivity contribution is -0.130. The molecule has 2 aliphatic rings. The van der Waals surface area contributed by atoms with Crippen LogP contribution in [0, 0.1) is 0 Å². The first kappa shape index (κ1) is 20.6. The van der Waals surface area contributed by atoms with Crippen molar-refractivity contribution in [1.29, 1.82) is 0 Å². The molecular formula is C21H25N3O5S. The Morgan fingerprint density at radius 2 is 1.80 bits per heavy atom. The van der Waals surface area contributed by atoms with E-state index in [4.69, 9.17) is 4.74 Å². The number of nitrogens with one attached hydrogen (secondary N) is 1. The van der Waals surface area contributed by atoms with E-state index in [0.717, 1.165) is 5.56 Å². The van der Waals surface area contributed by atoms with Gasteiger partial charge in [0.05, 0.1) is 29.8 Å². The zero-order valence-electron chi connectivity index (χ0n) is 16.5. The van der Waals surface area contributed by atoms with Crippen molar-refractivity contribution in [2.75, 3.05) is 44.6 Å². The number of benzene rings is 2. The van der Waals surface area contributed by atoms with E-state index >= 15 is 0 Å². The van der Waals surface area contributed by atoms with Crippen LogP contribution >= 0.6 is 0 Å². The smallest absolute Gasteiger partial charge is 0.243 e. The second-order valence-electron chi connectivity index (χ2n) is 7.33. The van der Waals surface area contributed by atoms with E-state index in [9.17, 15) is 18.3 Å². The van der Waals surface area contributed by atoms with Gasteiger partial charge in [-0.1, -0.05) is 30.3 Å². The van der Waals surface area contributed by atoms with Crippen molar-refractivity contribution in [3.05, 3.63) is 54.1 Å². The molecule has 0 saturated carbocycles. The lowest BCUT2D eigenvalue weighted by Crippen LogP contribution is -2.51. The minimum atomic E-state index is -3.54. The van der Waals surface area contributed by atoms with Gasteiger partial charge in [0.1, 0.15) is 5.75 Å². The topological polar surface area (TPSA) is 99.2 Å². The lowest BCUT2D eigenvalue weighted by atomic mass is 10.0. The van der Waals surface area contributed by atoms with E-state index in [1.807, 2.05) is 18.2 Å². The molecule has 2 aliphatic heterocycles. The third-order valence-electron chi connectivity index (χ3n) is 5.44. The average molecular weight is 432 g/mol. The SMILES string of the molecule is O=C(CNc1cccc2c1OCCC2O)N1CCN(S(=O)(=O)c2ccccc2)CC1. The number of amides is 1. The van der Waals surface area contributed by atoms with Gasteiger partial charge in [-0.2, -0.15) is 4.31 Å². The van der Waals surface area contributed by atoms with Crippen LogP contribution in [-0.2, 0) is 14.8 Å². The molecule has 9 heteroatoms. The zero-order chi connectivity index (χ0) is 21.1. The van der Waals surface area contributed by atoms with Crippen LogP contribution in [0.25, 0.3) is 0 Å². The molecule has 0 bridgehead atoms. The number of carbonyl (C=O) groups excluding carboxylic acids is 1. The number of sulfonamides is 1. The molecule has 1 unspecified atom stereocenters. The molecule has 8 nitrogen and oxygen atoms in total. The van der Waals surface area contributed by atoms with Crippen LogP contribution in [0.5, 0.6) is 5.75 Å². The molecule has 1 saturated heterocycles. The number of aliphatic hydroxyl groups is 1. The Balaban J connectivity index is 1.34. The number of anilines is 1. The molecule has 1 atom stereocenters. The van der Waals surface area contributed by atoms with E-state index in [-0.39, 0.29) is 30.4 Å². The summed E-state index contributed by atoms with van der Waals surface area (Å²) in [6.45, 7) is 1.71. The number of piperazine rings is 1. The number of nitrogens with zero attached hydrogens (tertiary/aromatic N) is 2. The van der Waals surface area contributed by atoms with Crippen molar-refractivity contribution in [2.45, 2.75) is 17.4 Å². The van der Waals surface area contributed by atoms with Crippen molar-refractivity contribution in [3.8, 4) is 5.75 Å². The van der Waals surface area contributed by atoms with Gasteiger partial charge >= 0.3 is 0 Å². The minimum absolute atomic E-state index is 0.0708. The molecule has 2 heterocycles. The number of rotatable bonds is 5. The maximum absolute atomic E-state index is 12.7. The summed E-state index contributed by atoms with van der Waals surface area (Å²) in [5.41, 5.74) is 1.39. The molecule has 0 aliphatic carbocycles. The predicted molar refractivity (Wildman–Crippen MR) is 112 cm³/mol. The van der Waals surface area contributed by atoms with Crippen molar-refractivity contribution in [3.63, 3.8) is 0 Å². The van der Waals surface area contributed by atoms with Gasteiger partial charge in [-0.25, -0.2) is 8.42 Å². The maximum Gasteiger partial charge on any atom is 0.243 e. The fourth-order valence-electron chi connectivity index (χ4n) is 3.75. The van der Waals surface area contributed by atoms with Crippen LogP contribution in [0.2, 0.25) is 0 Å². The van der Waals surface area contributed by atoms with E-state index in [1.54, 1.807) is 35.2 Å². The molecule has 30 heavy (non-hydrogen) atoms. The van der Waals surface area contributed by atoms with Crippen LogP contribution in [0.4, 0.5) is 5.69 Å². The highest BCUT2D eigenvalue weighted by Crippen LogP contribution is 2.37. The van der Waals surface area contributed by atoms with Crippen molar-refractivity contribution in [1.82, 2.24) is 9.21 Å². The van der Waals surface area contributed by atoms with Gasteiger partial charge in [0.15, 0.2) is 0 Å². The summed E-state index contributed by atoms with van der Waals surface area (Å²) in [7, 11) is -3.54. The Bertz CT molecular complexity index is 1000. The van der Waals surface area contributed by atoms with Crippen molar-refractivity contribution >= 4 is 21.6 Å². The summed E-state index contributed by atoms with van der Waals surface area (Å²) in [6, 6.07) is 13.8. The van der Waals surface area contributed by atoms with Gasteiger partial charge in [-0.3, -0.25) is 4.79 Å². The lowest BCUT2D eigenvalue weighted by Gasteiger charge is -2.34. The average Bonchev–Trinajstić information content (AvgIpc) is 2.78. The molecule has 0 aromatic heterocycles. The van der Waals surface area contributed by atoms with Crippen LogP contribution in [0.15, 0.2) is 53.4 Å². The third-order valence-corrected chi connectivity index (χ3v) is 7.36. The first-order chi connectivity index (χ1) is 14.5. The minimum Gasteiger partial charge on any atom is -0.491 e. The molecule has 1 fully saturated rings. The molecule has 2 aromatic carbocycles. The summed E-state index contributed by atoms with van der Waals surface area (Å²) in [6.07, 6.45) is -0.0169. The first-order valence-electron chi connectivity index (χ1n) is 9.97. The van der Waals surface area contributed by atoms with Crippen LogP contribution in [0.1, 0.15) is 18.1 Å².